The van der Waals surface area contributed by atoms with Gasteiger partial charge in [-0.25, -0.2) is 0 Å². The predicted molar refractivity (Wildman–Crippen MR) is 108 cm³/mol. The Bertz CT molecular complexity index is 884. The number of aryl methyl sites for hydroxylation is 1. The number of pyridine rings is 1. The van der Waals surface area contributed by atoms with Gasteiger partial charge in [0.15, 0.2) is 0 Å². The molecular formula is C23H28N2O2. The van der Waals surface area contributed by atoms with Gasteiger partial charge >= 0.3 is 0 Å². The number of carbonyl (C=O) groups excluding carboxylic acids is 1. The van der Waals surface area contributed by atoms with Crippen LogP contribution in [-0.4, -0.2) is 24.0 Å². The molecule has 0 amide bonds. The predicted octanol–water partition coefficient (Wildman–Crippen LogP) is 3.02. The van der Waals surface area contributed by atoms with E-state index in [0.29, 0.717) is 0 Å². The Labute approximate surface area is 161 Å². The Morgan fingerprint density at radius 1 is 1.00 bits per heavy atom. The zero-order chi connectivity index (χ0) is 19.8. The molecule has 3 rings (SSSR count). The minimum absolute atomic E-state index is 0.966. The first-order chi connectivity index (χ1) is 13.0. The quantitative estimate of drug-likeness (QED) is 0.654. The van der Waals surface area contributed by atoms with Crippen molar-refractivity contribution in [3.8, 4) is 5.69 Å². The molecule has 0 saturated heterocycles. The van der Waals surface area contributed by atoms with E-state index in [4.69, 9.17) is 9.90 Å². The lowest BCUT2D eigenvalue weighted by Crippen LogP contribution is -2.40. The fourth-order valence-corrected chi connectivity index (χ4v) is 3.22. The second-order valence-electron chi connectivity index (χ2n) is 6.46. The van der Waals surface area contributed by atoms with E-state index in [2.05, 4.69) is 90.9 Å². The van der Waals surface area contributed by atoms with E-state index in [9.17, 15) is 0 Å². The molecule has 3 aromatic rings. The number of hydrogen-bond acceptors (Lipinski definition) is 3. The number of aromatic nitrogens is 1. The highest BCUT2D eigenvalue weighted by molar-refractivity contribution is 5.79. The molecule has 0 spiro atoms. The van der Waals surface area contributed by atoms with Crippen LogP contribution >= 0.6 is 0 Å². The first-order valence-electron chi connectivity index (χ1n) is 9.36. The molecule has 4 heteroatoms. The number of fused-ring (bicyclic) bond motifs is 1. The summed E-state index contributed by atoms with van der Waals surface area (Å²) in [6, 6.07) is 21.7. The average molecular weight is 364 g/mol. The summed E-state index contributed by atoms with van der Waals surface area (Å²) in [5, 5.41) is 10.2. The number of carbonyl (C=O) groups is 1. The molecule has 0 bridgehead atoms. The second kappa shape index (κ2) is 9.83. The smallest absolute Gasteiger partial charge is 0.218 e. The Hall–Kier alpha value is -2.72. The number of carboxylic acid groups (broad SMARTS) is 1. The lowest BCUT2D eigenvalue weighted by molar-refractivity contribution is -0.577. The van der Waals surface area contributed by atoms with Gasteiger partial charge in [0.05, 0.1) is 6.54 Å². The molecule has 1 aromatic heterocycles. The van der Waals surface area contributed by atoms with Crippen molar-refractivity contribution in [3.05, 3.63) is 71.9 Å². The maximum Gasteiger partial charge on any atom is 0.218 e. The summed E-state index contributed by atoms with van der Waals surface area (Å²) in [7, 11) is 0. The Kier molecular flexibility index (Phi) is 7.50. The van der Waals surface area contributed by atoms with E-state index in [1.165, 1.54) is 27.8 Å². The SMILES string of the molecule is CC(=O)[O-].CCN(CC)Cc1cc(C)c2ccccc2[n+]1-c1ccccc1. The van der Waals surface area contributed by atoms with Gasteiger partial charge in [-0.05, 0) is 38.6 Å². The van der Waals surface area contributed by atoms with E-state index in [0.717, 1.165) is 26.6 Å². The standard InChI is InChI=1S/C21H25N2.C2H4O2/c1-4-22(5-2)16-19-15-17(3)20-13-9-10-14-21(20)23(19)18-11-7-6-8-12-18;1-2(3)4/h6-15H,4-5,16H2,1-3H3;1H3,(H,3,4)/q+1;/p-1. The van der Waals surface area contributed by atoms with E-state index < -0.39 is 5.97 Å². The van der Waals surface area contributed by atoms with E-state index in [1.54, 1.807) is 0 Å². The van der Waals surface area contributed by atoms with E-state index in [1.807, 2.05) is 0 Å². The molecule has 2 aromatic carbocycles. The highest BCUT2D eigenvalue weighted by Crippen LogP contribution is 2.19. The van der Waals surface area contributed by atoms with Gasteiger partial charge in [-0.3, -0.25) is 4.90 Å². The van der Waals surface area contributed by atoms with Crippen LogP contribution in [0.25, 0.3) is 16.6 Å². The highest BCUT2D eigenvalue weighted by atomic mass is 16.4. The fourth-order valence-electron chi connectivity index (χ4n) is 3.22. The van der Waals surface area contributed by atoms with Crippen molar-refractivity contribution >= 4 is 16.9 Å². The summed E-state index contributed by atoms with van der Waals surface area (Å²) in [5.74, 6) is -1.08. The molecule has 4 nitrogen and oxygen atoms in total. The van der Waals surface area contributed by atoms with Crippen LogP contribution in [0.2, 0.25) is 0 Å². The molecular weight excluding hydrogens is 336 g/mol. The van der Waals surface area contributed by atoms with Crippen molar-refractivity contribution in [3.63, 3.8) is 0 Å². The van der Waals surface area contributed by atoms with Gasteiger partial charge in [-0.1, -0.05) is 44.2 Å². The molecule has 0 unspecified atom stereocenters. The van der Waals surface area contributed by atoms with Gasteiger partial charge in [-0.15, -0.1) is 0 Å². The summed E-state index contributed by atoms with van der Waals surface area (Å²) >= 11 is 0. The Morgan fingerprint density at radius 2 is 1.56 bits per heavy atom. The molecule has 27 heavy (non-hydrogen) atoms. The maximum absolute atomic E-state index is 8.89. The molecule has 0 aliphatic carbocycles. The lowest BCUT2D eigenvalue weighted by atomic mass is 10.1. The first-order valence-corrected chi connectivity index (χ1v) is 9.36. The van der Waals surface area contributed by atoms with Crippen LogP contribution in [0.1, 0.15) is 32.0 Å². The van der Waals surface area contributed by atoms with Gasteiger partial charge in [0, 0.05) is 35.6 Å². The molecule has 0 aliphatic rings. The third-order valence-electron chi connectivity index (χ3n) is 4.53. The van der Waals surface area contributed by atoms with Crippen molar-refractivity contribution in [2.75, 3.05) is 13.1 Å². The number of rotatable bonds is 5. The number of nitrogens with zero attached hydrogens (tertiary/aromatic N) is 2. The fraction of sp³-hybridized carbons (Fsp3) is 0.304. The van der Waals surface area contributed by atoms with Gasteiger partial charge < -0.3 is 9.90 Å². The zero-order valence-corrected chi connectivity index (χ0v) is 16.6. The Morgan fingerprint density at radius 3 is 2.15 bits per heavy atom. The van der Waals surface area contributed by atoms with Crippen LogP contribution in [0.3, 0.4) is 0 Å². The van der Waals surface area contributed by atoms with Crippen molar-refractivity contribution in [2.45, 2.75) is 34.2 Å². The molecule has 142 valence electrons. The van der Waals surface area contributed by atoms with Crippen LogP contribution in [-0.2, 0) is 11.3 Å². The summed E-state index contributed by atoms with van der Waals surface area (Å²) < 4.78 is 2.40. The molecule has 1 heterocycles. The molecule has 0 atom stereocenters. The molecule has 0 aliphatic heterocycles. The molecule has 0 radical (unpaired) electrons. The maximum atomic E-state index is 8.89. The molecule has 0 N–H and O–H groups in total. The number of para-hydroxylation sites is 2. The summed E-state index contributed by atoms with van der Waals surface area (Å²) in [5.41, 5.74) is 5.19. The van der Waals surface area contributed by atoms with Crippen LogP contribution < -0.4 is 9.67 Å². The minimum Gasteiger partial charge on any atom is -0.550 e. The van der Waals surface area contributed by atoms with Crippen LogP contribution in [0.5, 0.6) is 0 Å². The number of hydrogen-bond donors (Lipinski definition) is 0. The van der Waals surface area contributed by atoms with E-state index in [-0.39, 0.29) is 0 Å². The average Bonchev–Trinajstić information content (AvgIpc) is 2.66. The monoisotopic (exact) mass is 364 g/mol. The van der Waals surface area contributed by atoms with Gasteiger partial charge in [-0.2, -0.15) is 4.57 Å². The normalized spacial score (nSPS) is 10.6. The number of aliphatic carboxylic acids is 1. The summed E-state index contributed by atoms with van der Waals surface area (Å²) in [6.07, 6.45) is 0. The third-order valence-corrected chi connectivity index (χ3v) is 4.53. The van der Waals surface area contributed by atoms with Crippen LogP contribution in [0, 0.1) is 6.92 Å². The van der Waals surface area contributed by atoms with E-state index >= 15 is 0 Å². The molecule has 0 saturated carbocycles. The zero-order valence-electron chi connectivity index (χ0n) is 16.6. The topological polar surface area (TPSA) is 47.2 Å². The highest BCUT2D eigenvalue weighted by Gasteiger charge is 2.21. The van der Waals surface area contributed by atoms with Crippen LogP contribution in [0.15, 0.2) is 60.7 Å². The minimum atomic E-state index is -1.08. The van der Waals surface area contributed by atoms with Crippen molar-refractivity contribution < 1.29 is 14.5 Å². The second-order valence-corrected chi connectivity index (χ2v) is 6.46. The van der Waals surface area contributed by atoms with Crippen molar-refractivity contribution in [2.24, 2.45) is 0 Å². The largest absolute Gasteiger partial charge is 0.550 e. The molecule has 0 fully saturated rings. The Balaban J connectivity index is 0.000000596. The summed E-state index contributed by atoms with van der Waals surface area (Å²) in [4.78, 5) is 11.4. The lowest BCUT2D eigenvalue weighted by Gasteiger charge is -2.18. The van der Waals surface area contributed by atoms with Gasteiger partial charge in [0.1, 0.15) is 0 Å². The van der Waals surface area contributed by atoms with Crippen LogP contribution in [0.4, 0.5) is 0 Å². The third kappa shape index (κ3) is 5.38. The van der Waals surface area contributed by atoms with Crippen molar-refractivity contribution in [1.82, 2.24) is 4.90 Å². The number of benzene rings is 2. The van der Waals surface area contributed by atoms with Crippen molar-refractivity contribution in [1.29, 1.82) is 0 Å². The summed E-state index contributed by atoms with van der Waals surface area (Å²) in [6.45, 7) is 10.7. The first kappa shape index (κ1) is 20.6. The number of carboxylic acids is 1. The van der Waals surface area contributed by atoms with Gasteiger partial charge in [0.25, 0.3) is 0 Å². The van der Waals surface area contributed by atoms with Gasteiger partial charge in [0.2, 0.25) is 16.9 Å².